The van der Waals surface area contributed by atoms with Gasteiger partial charge in [0.1, 0.15) is 12.0 Å². The van der Waals surface area contributed by atoms with E-state index in [1.54, 1.807) is 0 Å². The second-order valence-electron chi connectivity index (χ2n) is 4.67. The van der Waals surface area contributed by atoms with Crippen LogP contribution in [0.1, 0.15) is 18.2 Å². The molecule has 3 rings (SSSR count). The SMILES string of the molecule is FC(F)(F)CN1CC[C@H](c2nc(-c3cocn3)no2)C1. The van der Waals surface area contributed by atoms with Crippen molar-refractivity contribution < 1.29 is 22.1 Å². The maximum Gasteiger partial charge on any atom is 0.401 e. The molecule has 6 nitrogen and oxygen atoms in total. The Hall–Kier alpha value is -1.90. The Morgan fingerprint density at radius 3 is 2.95 bits per heavy atom. The Bertz CT molecular complexity index is 566. The number of oxazole rings is 1. The van der Waals surface area contributed by atoms with E-state index in [1.807, 2.05) is 0 Å². The molecule has 0 aliphatic carbocycles. The lowest BCUT2D eigenvalue weighted by atomic mass is 10.1. The van der Waals surface area contributed by atoms with Crippen LogP contribution in [-0.2, 0) is 0 Å². The molecule has 0 unspecified atom stereocenters. The number of likely N-dealkylation sites (tertiary alicyclic amines) is 1. The number of hydrogen-bond donors (Lipinski definition) is 0. The Kier molecular flexibility index (Phi) is 3.20. The summed E-state index contributed by atoms with van der Waals surface area (Å²) in [6.45, 7) is -0.278. The van der Waals surface area contributed by atoms with E-state index in [4.69, 9.17) is 8.94 Å². The van der Waals surface area contributed by atoms with Crippen molar-refractivity contribution in [2.45, 2.75) is 18.5 Å². The molecule has 9 heteroatoms. The van der Waals surface area contributed by atoms with Crippen molar-refractivity contribution in [1.29, 1.82) is 0 Å². The van der Waals surface area contributed by atoms with Gasteiger partial charge in [-0.25, -0.2) is 4.98 Å². The van der Waals surface area contributed by atoms with Crippen molar-refractivity contribution in [3.8, 4) is 11.5 Å². The Labute approximate surface area is 111 Å². The second-order valence-corrected chi connectivity index (χ2v) is 4.67. The van der Waals surface area contributed by atoms with Crippen LogP contribution in [0, 0.1) is 0 Å². The highest BCUT2D eigenvalue weighted by Crippen LogP contribution is 2.29. The van der Waals surface area contributed by atoms with Crippen LogP contribution in [0.3, 0.4) is 0 Å². The number of alkyl halides is 3. The molecular formula is C11H11F3N4O2. The Morgan fingerprint density at radius 2 is 2.25 bits per heavy atom. The minimum Gasteiger partial charge on any atom is -0.451 e. The maximum atomic E-state index is 12.3. The van der Waals surface area contributed by atoms with Gasteiger partial charge in [0.2, 0.25) is 11.7 Å². The number of rotatable bonds is 3. The summed E-state index contributed by atoms with van der Waals surface area (Å²) in [6, 6.07) is 0. The standard InChI is InChI=1S/C11H11F3N4O2/c12-11(13,14)5-18-2-1-7(3-18)10-16-9(17-20-10)8-4-19-6-15-8/h4,6-7H,1-3,5H2/t7-/m0/s1. The van der Waals surface area contributed by atoms with E-state index in [2.05, 4.69) is 15.1 Å². The summed E-state index contributed by atoms with van der Waals surface area (Å²) in [7, 11) is 0. The second kappa shape index (κ2) is 4.89. The minimum atomic E-state index is -4.18. The molecule has 2 aromatic heterocycles. The summed E-state index contributed by atoms with van der Waals surface area (Å²) in [5, 5.41) is 3.75. The lowest BCUT2D eigenvalue weighted by molar-refractivity contribution is -0.143. The van der Waals surface area contributed by atoms with Gasteiger partial charge in [0.25, 0.3) is 0 Å². The van der Waals surface area contributed by atoms with Gasteiger partial charge in [-0.3, -0.25) is 4.90 Å². The number of halogens is 3. The van der Waals surface area contributed by atoms with Gasteiger partial charge >= 0.3 is 6.18 Å². The van der Waals surface area contributed by atoms with Crippen LogP contribution >= 0.6 is 0 Å². The normalized spacial score (nSPS) is 20.6. The fraction of sp³-hybridized carbons (Fsp3) is 0.545. The average Bonchev–Trinajstić information content (AvgIpc) is 3.07. The van der Waals surface area contributed by atoms with Crippen molar-refractivity contribution in [3.63, 3.8) is 0 Å². The molecule has 2 aromatic rings. The molecule has 0 aromatic carbocycles. The third-order valence-corrected chi connectivity index (χ3v) is 3.13. The third kappa shape index (κ3) is 2.82. The van der Waals surface area contributed by atoms with Crippen molar-refractivity contribution >= 4 is 0 Å². The molecule has 3 heterocycles. The fourth-order valence-corrected chi connectivity index (χ4v) is 2.26. The van der Waals surface area contributed by atoms with Gasteiger partial charge in [-0.2, -0.15) is 18.2 Å². The van der Waals surface area contributed by atoms with Gasteiger partial charge in [-0.05, 0) is 13.0 Å². The maximum absolute atomic E-state index is 12.3. The molecule has 1 fully saturated rings. The lowest BCUT2D eigenvalue weighted by Crippen LogP contribution is -2.32. The molecular weight excluding hydrogens is 277 g/mol. The fourth-order valence-electron chi connectivity index (χ4n) is 2.26. The molecule has 1 saturated heterocycles. The number of hydrogen-bond acceptors (Lipinski definition) is 6. The zero-order chi connectivity index (χ0) is 14.2. The molecule has 0 bridgehead atoms. The van der Waals surface area contributed by atoms with Crippen LogP contribution in [0.5, 0.6) is 0 Å². The Balaban J connectivity index is 1.66. The van der Waals surface area contributed by atoms with Crippen molar-refractivity contribution in [2.24, 2.45) is 0 Å². The van der Waals surface area contributed by atoms with E-state index < -0.39 is 12.7 Å². The molecule has 108 valence electrons. The van der Waals surface area contributed by atoms with Crippen molar-refractivity contribution in [2.75, 3.05) is 19.6 Å². The average molecular weight is 288 g/mol. The third-order valence-electron chi connectivity index (χ3n) is 3.13. The van der Waals surface area contributed by atoms with Gasteiger partial charge in [0.05, 0.1) is 12.5 Å². The monoisotopic (exact) mass is 288 g/mol. The summed E-state index contributed by atoms with van der Waals surface area (Å²) >= 11 is 0. The van der Waals surface area contributed by atoms with E-state index in [1.165, 1.54) is 17.6 Å². The molecule has 0 radical (unpaired) electrons. The first-order valence-electron chi connectivity index (χ1n) is 6.02. The van der Waals surface area contributed by atoms with E-state index in [9.17, 15) is 13.2 Å². The van der Waals surface area contributed by atoms with Crippen LogP contribution in [0.15, 0.2) is 21.6 Å². The zero-order valence-corrected chi connectivity index (χ0v) is 10.3. The lowest BCUT2D eigenvalue weighted by Gasteiger charge is -2.16. The highest BCUT2D eigenvalue weighted by Gasteiger charge is 2.36. The largest absolute Gasteiger partial charge is 0.451 e. The predicted molar refractivity (Wildman–Crippen MR) is 59.6 cm³/mol. The molecule has 0 N–H and O–H groups in total. The van der Waals surface area contributed by atoms with Crippen molar-refractivity contribution in [3.05, 3.63) is 18.5 Å². The van der Waals surface area contributed by atoms with E-state index >= 15 is 0 Å². The molecule has 0 amide bonds. The van der Waals surface area contributed by atoms with Crippen molar-refractivity contribution in [1.82, 2.24) is 20.0 Å². The van der Waals surface area contributed by atoms with E-state index in [-0.39, 0.29) is 18.3 Å². The molecule has 0 saturated carbocycles. The molecule has 1 aliphatic rings. The number of nitrogens with zero attached hydrogens (tertiary/aromatic N) is 4. The minimum absolute atomic E-state index is 0.175. The van der Waals surface area contributed by atoms with Crippen LogP contribution in [0.2, 0.25) is 0 Å². The molecule has 1 aliphatic heterocycles. The van der Waals surface area contributed by atoms with Crippen LogP contribution in [-0.4, -0.2) is 45.8 Å². The van der Waals surface area contributed by atoms with Crippen LogP contribution in [0.25, 0.3) is 11.5 Å². The summed E-state index contributed by atoms with van der Waals surface area (Å²) in [6.07, 6.45) is -1.00. The van der Waals surface area contributed by atoms with Gasteiger partial charge in [-0.15, -0.1) is 0 Å². The Morgan fingerprint density at radius 1 is 1.40 bits per heavy atom. The highest BCUT2D eigenvalue weighted by atomic mass is 19.4. The summed E-state index contributed by atoms with van der Waals surface area (Å²) < 4.78 is 46.9. The van der Waals surface area contributed by atoms with Gasteiger partial charge in [0, 0.05) is 6.54 Å². The van der Waals surface area contributed by atoms with Crippen LogP contribution < -0.4 is 0 Å². The van der Waals surface area contributed by atoms with E-state index in [0.29, 0.717) is 24.6 Å². The van der Waals surface area contributed by atoms with Gasteiger partial charge in [0.15, 0.2) is 6.39 Å². The quantitative estimate of drug-likeness (QED) is 0.861. The highest BCUT2D eigenvalue weighted by molar-refractivity contribution is 5.45. The summed E-state index contributed by atoms with van der Waals surface area (Å²) in [5.74, 6) is 0.446. The smallest absolute Gasteiger partial charge is 0.401 e. The first-order valence-corrected chi connectivity index (χ1v) is 6.02. The number of aromatic nitrogens is 3. The van der Waals surface area contributed by atoms with Gasteiger partial charge < -0.3 is 8.94 Å². The zero-order valence-electron chi connectivity index (χ0n) is 10.3. The molecule has 0 spiro atoms. The van der Waals surface area contributed by atoms with Gasteiger partial charge in [-0.1, -0.05) is 5.16 Å². The predicted octanol–water partition coefficient (Wildman–Crippen LogP) is 2.08. The molecule has 20 heavy (non-hydrogen) atoms. The first kappa shape index (κ1) is 13.1. The molecule has 1 atom stereocenters. The van der Waals surface area contributed by atoms with Crippen LogP contribution in [0.4, 0.5) is 13.2 Å². The van der Waals surface area contributed by atoms with E-state index in [0.717, 1.165) is 0 Å². The summed E-state index contributed by atoms with van der Waals surface area (Å²) in [4.78, 5) is 9.37. The first-order chi connectivity index (χ1) is 9.51. The topological polar surface area (TPSA) is 68.2 Å². The summed E-state index contributed by atoms with van der Waals surface area (Å²) in [5.41, 5.74) is 0.435.